The first kappa shape index (κ1) is 21.4. The lowest BCUT2D eigenvalue weighted by Gasteiger charge is -2.55. The second-order valence-electron chi connectivity index (χ2n) is 10.5. The van der Waals surface area contributed by atoms with Crippen LogP contribution in [0.2, 0.25) is 0 Å². The lowest BCUT2D eigenvalue weighted by Crippen LogP contribution is -2.75. The van der Waals surface area contributed by atoms with Gasteiger partial charge in [-0.1, -0.05) is 64.4 Å². The number of amides is 2. The maximum absolute atomic E-state index is 13.7. The first-order valence-corrected chi connectivity index (χ1v) is 11.7. The van der Waals surface area contributed by atoms with Gasteiger partial charge in [0.05, 0.1) is 5.92 Å². The molecule has 4 fully saturated rings. The predicted octanol–water partition coefficient (Wildman–Crippen LogP) is 3.20. The Bertz CT molecular complexity index is 778. The van der Waals surface area contributed by atoms with Crippen LogP contribution in [0.5, 0.6) is 0 Å². The molecule has 3 aliphatic heterocycles. The molecule has 164 valence electrons. The topological polar surface area (TPSA) is 61.4 Å². The van der Waals surface area contributed by atoms with E-state index in [-0.39, 0.29) is 29.7 Å². The summed E-state index contributed by atoms with van der Waals surface area (Å²) in [6, 6.07) is 10.2. The van der Waals surface area contributed by atoms with Gasteiger partial charge in [0, 0.05) is 31.6 Å². The second-order valence-corrected chi connectivity index (χ2v) is 10.5. The van der Waals surface area contributed by atoms with E-state index >= 15 is 0 Å². The third kappa shape index (κ3) is 3.77. The van der Waals surface area contributed by atoms with Crippen molar-refractivity contribution in [2.75, 3.05) is 13.1 Å². The zero-order valence-corrected chi connectivity index (χ0v) is 18.9. The number of likely N-dealkylation sites (tertiary alicyclic amines) is 1. The monoisotopic (exact) mass is 411 g/mol. The summed E-state index contributed by atoms with van der Waals surface area (Å²) in [6.07, 6.45) is 2.84. The van der Waals surface area contributed by atoms with Crippen LogP contribution in [0.25, 0.3) is 0 Å². The molecule has 3 saturated heterocycles. The summed E-state index contributed by atoms with van der Waals surface area (Å²) in [7, 11) is 0. The van der Waals surface area contributed by atoms with Crippen LogP contribution in [0, 0.1) is 29.6 Å². The number of carbonyl (C=O) groups excluding carboxylic acids is 2. The highest BCUT2D eigenvalue weighted by atomic mass is 16.2. The summed E-state index contributed by atoms with van der Waals surface area (Å²) < 4.78 is 0. The molecule has 1 aromatic carbocycles. The molecular weight excluding hydrogens is 374 g/mol. The molecule has 0 aromatic heterocycles. The van der Waals surface area contributed by atoms with Gasteiger partial charge in [-0.05, 0) is 36.2 Å². The molecule has 2 N–H and O–H groups in total. The largest absolute Gasteiger partial charge is 0.350 e. The highest BCUT2D eigenvalue weighted by Crippen LogP contribution is 2.54. The van der Waals surface area contributed by atoms with Gasteiger partial charge in [-0.3, -0.25) is 14.5 Å². The highest BCUT2D eigenvalue weighted by Gasteiger charge is 2.67. The Morgan fingerprint density at radius 3 is 2.60 bits per heavy atom. The molecule has 4 bridgehead atoms. The van der Waals surface area contributed by atoms with E-state index in [1.165, 1.54) is 0 Å². The fourth-order valence-corrected chi connectivity index (χ4v) is 6.26. The van der Waals surface area contributed by atoms with Gasteiger partial charge >= 0.3 is 0 Å². The van der Waals surface area contributed by atoms with Gasteiger partial charge in [0.1, 0.15) is 5.54 Å². The van der Waals surface area contributed by atoms with Crippen LogP contribution in [0.4, 0.5) is 0 Å². The van der Waals surface area contributed by atoms with Crippen molar-refractivity contribution in [1.29, 1.82) is 0 Å². The van der Waals surface area contributed by atoms with Crippen LogP contribution in [-0.2, 0) is 16.1 Å². The number of piperidine rings is 2. The Labute approximate surface area is 181 Å². The number of rotatable bonds is 8. The van der Waals surface area contributed by atoms with Crippen molar-refractivity contribution in [2.24, 2.45) is 29.6 Å². The molecule has 5 nitrogen and oxygen atoms in total. The van der Waals surface area contributed by atoms with Crippen molar-refractivity contribution in [3.8, 4) is 0 Å². The van der Waals surface area contributed by atoms with Gasteiger partial charge in [0.2, 0.25) is 11.8 Å². The maximum atomic E-state index is 13.7. The molecule has 0 radical (unpaired) electrons. The molecule has 5 heteroatoms. The number of benzene rings is 1. The molecule has 1 aliphatic carbocycles. The van der Waals surface area contributed by atoms with Crippen molar-refractivity contribution in [3.05, 3.63) is 35.9 Å². The quantitative estimate of drug-likeness (QED) is 0.691. The van der Waals surface area contributed by atoms with Crippen molar-refractivity contribution >= 4 is 11.8 Å². The predicted molar refractivity (Wildman–Crippen MR) is 119 cm³/mol. The normalized spacial score (nSPS) is 32.7. The highest BCUT2D eigenvalue weighted by molar-refractivity contribution is 5.96. The average Bonchev–Trinajstić information content (AvgIpc) is 2.99. The lowest BCUT2D eigenvalue weighted by molar-refractivity contribution is -0.155. The van der Waals surface area contributed by atoms with Crippen molar-refractivity contribution < 1.29 is 9.59 Å². The Morgan fingerprint density at radius 1 is 1.20 bits per heavy atom. The van der Waals surface area contributed by atoms with E-state index < -0.39 is 5.54 Å². The number of nitrogens with one attached hydrogen (secondary N) is 2. The SMILES string of the molecule is CC(C)CCC1C2C3C(=O)NC1(C(=O)NCc1ccccc1)CC3CN2CC(C)C. The minimum absolute atomic E-state index is 0.00741. The molecule has 1 aromatic rings. The molecule has 5 unspecified atom stereocenters. The Morgan fingerprint density at radius 2 is 1.93 bits per heavy atom. The van der Waals surface area contributed by atoms with E-state index in [2.05, 4.69) is 43.2 Å². The Balaban J connectivity index is 1.61. The fourth-order valence-electron chi connectivity index (χ4n) is 6.26. The minimum atomic E-state index is -0.767. The van der Waals surface area contributed by atoms with Crippen LogP contribution in [0.15, 0.2) is 30.3 Å². The first-order valence-electron chi connectivity index (χ1n) is 11.7. The number of hydrogen-bond acceptors (Lipinski definition) is 3. The summed E-state index contributed by atoms with van der Waals surface area (Å²) in [5.74, 6) is 1.76. The van der Waals surface area contributed by atoms with E-state index in [1.54, 1.807) is 0 Å². The molecule has 5 atom stereocenters. The summed E-state index contributed by atoms with van der Waals surface area (Å²) in [5, 5.41) is 6.41. The average molecular weight is 412 g/mol. The Hall–Kier alpha value is -1.88. The van der Waals surface area contributed by atoms with Crippen LogP contribution in [0.1, 0.15) is 52.5 Å². The molecule has 3 heterocycles. The third-order valence-electron chi connectivity index (χ3n) is 7.40. The first-order chi connectivity index (χ1) is 14.3. The minimum Gasteiger partial charge on any atom is -0.350 e. The van der Waals surface area contributed by atoms with E-state index in [0.717, 1.165) is 37.9 Å². The maximum Gasteiger partial charge on any atom is 0.246 e. The van der Waals surface area contributed by atoms with Crippen molar-refractivity contribution in [2.45, 2.75) is 65.1 Å². The fraction of sp³-hybridized carbons (Fsp3) is 0.680. The smallest absolute Gasteiger partial charge is 0.246 e. The standard InChI is InChI=1S/C25H37N3O2/c1-16(2)10-11-20-22-21-19(15-28(22)14-17(3)4)12-25(20,27-23(21)29)24(30)26-13-18-8-6-5-7-9-18/h5-9,16-17,19-22H,10-15H2,1-4H3,(H,26,30)(H,27,29). The van der Waals surface area contributed by atoms with Gasteiger partial charge in [0.15, 0.2) is 0 Å². The molecule has 0 spiro atoms. The van der Waals surface area contributed by atoms with E-state index in [9.17, 15) is 9.59 Å². The zero-order valence-electron chi connectivity index (χ0n) is 18.9. The molecule has 2 amide bonds. The summed E-state index contributed by atoms with van der Waals surface area (Å²) >= 11 is 0. The molecule has 30 heavy (non-hydrogen) atoms. The van der Waals surface area contributed by atoms with Gasteiger partial charge in [-0.25, -0.2) is 0 Å². The number of nitrogens with zero attached hydrogens (tertiary/aromatic N) is 1. The van der Waals surface area contributed by atoms with Crippen LogP contribution >= 0.6 is 0 Å². The molecular formula is C25H37N3O2. The van der Waals surface area contributed by atoms with Crippen LogP contribution in [-0.4, -0.2) is 41.4 Å². The molecule has 5 rings (SSSR count). The summed E-state index contributed by atoms with van der Waals surface area (Å²) in [4.78, 5) is 29.3. The van der Waals surface area contributed by atoms with Gasteiger partial charge in [-0.2, -0.15) is 0 Å². The molecule has 1 saturated carbocycles. The van der Waals surface area contributed by atoms with E-state index in [0.29, 0.717) is 24.3 Å². The second kappa shape index (κ2) is 8.33. The van der Waals surface area contributed by atoms with Crippen molar-refractivity contribution in [1.82, 2.24) is 15.5 Å². The van der Waals surface area contributed by atoms with E-state index in [4.69, 9.17) is 0 Å². The van der Waals surface area contributed by atoms with Gasteiger partial charge in [-0.15, -0.1) is 0 Å². The number of fused-ring (bicyclic) bond motifs is 1. The van der Waals surface area contributed by atoms with Crippen LogP contribution in [0.3, 0.4) is 0 Å². The van der Waals surface area contributed by atoms with Crippen molar-refractivity contribution in [3.63, 3.8) is 0 Å². The zero-order chi connectivity index (χ0) is 21.5. The van der Waals surface area contributed by atoms with Gasteiger partial charge < -0.3 is 10.6 Å². The summed E-state index contributed by atoms with van der Waals surface area (Å²) in [5.41, 5.74) is 0.317. The number of hydrogen-bond donors (Lipinski definition) is 2. The van der Waals surface area contributed by atoms with E-state index in [1.807, 2.05) is 30.3 Å². The van der Waals surface area contributed by atoms with Crippen LogP contribution < -0.4 is 10.6 Å². The third-order valence-corrected chi connectivity index (χ3v) is 7.40. The summed E-state index contributed by atoms with van der Waals surface area (Å²) in [6.45, 7) is 11.4. The lowest BCUT2D eigenvalue weighted by atomic mass is 9.57. The molecule has 4 aliphatic rings. The Kier molecular flexibility index (Phi) is 5.93. The van der Waals surface area contributed by atoms with Gasteiger partial charge in [0.25, 0.3) is 0 Å². The number of carbonyl (C=O) groups is 2.